The van der Waals surface area contributed by atoms with Gasteiger partial charge in [0.25, 0.3) is 5.91 Å². The van der Waals surface area contributed by atoms with Crippen LogP contribution in [0.4, 0.5) is 4.79 Å². The maximum atomic E-state index is 11.6. The zero-order valence-electron chi connectivity index (χ0n) is 12.2. The Balaban J connectivity index is 1.62. The summed E-state index contributed by atoms with van der Waals surface area (Å²) in [6.07, 6.45) is 5.46. The maximum absolute atomic E-state index is 11.6. The van der Waals surface area contributed by atoms with Crippen LogP contribution in [-0.2, 0) is 4.79 Å². The van der Waals surface area contributed by atoms with E-state index in [4.69, 9.17) is 16.3 Å². The van der Waals surface area contributed by atoms with E-state index in [1.165, 1.54) is 6.42 Å². The van der Waals surface area contributed by atoms with Gasteiger partial charge >= 0.3 is 6.03 Å². The molecule has 0 unspecified atom stereocenters. The Morgan fingerprint density at radius 3 is 2.45 bits per heavy atom. The van der Waals surface area contributed by atoms with Gasteiger partial charge < -0.3 is 10.1 Å². The topological polar surface area (TPSA) is 79.5 Å². The van der Waals surface area contributed by atoms with Gasteiger partial charge in [0.15, 0.2) is 6.61 Å². The molecule has 0 radical (unpaired) electrons. The molecule has 0 bridgehead atoms. The van der Waals surface area contributed by atoms with Gasteiger partial charge in [-0.2, -0.15) is 0 Å². The van der Waals surface area contributed by atoms with Crippen molar-refractivity contribution >= 4 is 23.5 Å². The Hall–Kier alpha value is -1.95. The van der Waals surface area contributed by atoms with E-state index in [9.17, 15) is 9.59 Å². The second-order valence-electron chi connectivity index (χ2n) is 5.22. The van der Waals surface area contributed by atoms with Crippen LogP contribution in [0.2, 0.25) is 5.02 Å². The molecule has 0 spiro atoms. The van der Waals surface area contributed by atoms with Crippen LogP contribution in [0.15, 0.2) is 24.3 Å². The molecule has 1 aliphatic rings. The predicted molar refractivity (Wildman–Crippen MR) is 83.6 cm³/mol. The van der Waals surface area contributed by atoms with Gasteiger partial charge in [0.1, 0.15) is 5.75 Å². The highest BCUT2D eigenvalue weighted by atomic mass is 35.5. The fraction of sp³-hybridized carbons (Fsp3) is 0.467. The van der Waals surface area contributed by atoms with Crippen LogP contribution in [0.3, 0.4) is 0 Å². The van der Waals surface area contributed by atoms with Crippen molar-refractivity contribution in [2.24, 2.45) is 0 Å². The number of hydrogen-bond donors (Lipinski definition) is 3. The summed E-state index contributed by atoms with van der Waals surface area (Å²) in [5, 5.41) is 3.43. The summed E-state index contributed by atoms with van der Waals surface area (Å²) in [6, 6.07) is 6.47. The number of nitrogens with one attached hydrogen (secondary N) is 3. The van der Waals surface area contributed by atoms with Gasteiger partial charge in [-0.05, 0) is 37.1 Å². The number of halogens is 1. The lowest BCUT2D eigenvalue weighted by Gasteiger charge is -2.22. The van der Waals surface area contributed by atoms with Gasteiger partial charge in [0.2, 0.25) is 0 Å². The summed E-state index contributed by atoms with van der Waals surface area (Å²) in [5.74, 6) is 0.0972. The van der Waals surface area contributed by atoms with Crippen molar-refractivity contribution in [1.82, 2.24) is 16.2 Å². The first-order valence-corrected chi connectivity index (χ1v) is 7.75. The highest BCUT2D eigenvalue weighted by molar-refractivity contribution is 6.30. The number of carbonyl (C=O) groups excluding carboxylic acids is 2. The summed E-state index contributed by atoms with van der Waals surface area (Å²) in [7, 11) is 0. The molecule has 0 atom stereocenters. The van der Waals surface area contributed by atoms with Crippen molar-refractivity contribution < 1.29 is 14.3 Å². The summed E-state index contributed by atoms with van der Waals surface area (Å²) in [6.45, 7) is -0.189. The van der Waals surface area contributed by atoms with Crippen molar-refractivity contribution in [2.75, 3.05) is 6.61 Å². The molecule has 120 valence electrons. The van der Waals surface area contributed by atoms with Crippen molar-refractivity contribution in [3.05, 3.63) is 29.3 Å². The number of benzene rings is 1. The van der Waals surface area contributed by atoms with E-state index in [2.05, 4.69) is 16.2 Å². The van der Waals surface area contributed by atoms with E-state index >= 15 is 0 Å². The van der Waals surface area contributed by atoms with E-state index in [-0.39, 0.29) is 12.6 Å². The highest BCUT2D eigenvalue weighted by Crippen LogP contribution is 2.17. The van der Waals surface area contributed by atoms with Gasteiger partial charge in [0, 0.05) is 11.1 Å². The van der Waals surface area contributed by atoms with Crippen molar-refractivity contribution in [3.8, 4) is 5.75 Å². The third-order valence-electron chi connectivity index (χ3n) is 3.44. The van der Waals surface area contributed by atoms with E-state index < -0.39 is 11.9 Å². The number of ether oxygens (including phenoxy) is 1. The number of carbonyl (C=O) groups is 2. The number of hydrazine groups is 1. The van der Waals surface area contributed by atoms with E-state index in [0.29, 0.717) is 10.8 Å². The maximum Gasteiger partial charge on any atom is 0.333 e. The van der Waals surface area contributed by atoms with E-state index in [1.807, 2.05) is 0 Å². The minimum absolute atomic E-state index is 0.189. The lowest BCUT2D eigenvalue weighted by molar-refractivity contribution is -0.123. The second-order valence-corrected chi connectivity index (χ2v) is 5.66. The summed E-state index contributed by atoms with van der Waals surface area (Å²) in [4.78, 5) is 23.2. The first-order valence-electron chi connectivity index (χ1n) is 7.37. The van der Waals surface area contributed by atoms with Crippen molar-refractivity contribution in [2.45, 2.75) is 38.1 Å². The number of rotatable bonds is 4. The Bertz CT molecular complexity index is 501. The number of hydrogen-bond acceptors (Lipinski definition) is 3. The zero-order valence-corrected chi connectivity index (χ0v) is 13.0. The molecule has 1 aromatic rings. The standard InChI is InChI=1S/C15H20ClN3O3/c16-11-6-8-13(9-7-11)22-10-14(20)18-19-15(21)17-12-4-2-1-3-5-12/h6-9,12H,1-5,10H2,(H,18,20)(H2,17,19,21). The summed E-state index contributed by atoms with van der Waals surface area (Å²) in [5.41, 5.74) is 4.63. The fourth-order valence-electron chi connectivity index (χ4n) is 2.31. The molecule has 0 heterocycles. The first kappa shape index (κ1) is 16.4. The second kappa shape index (κ2) is 8.48. The number of urea groups is 1. The molecule has 7 heteroatoms. The lowest BCUT2D eigenvalue weighted by atomic mass is 9.96. The molecule has 2 rings (SSSR count). The van der Waals surface area contributed by atoms with Crippen LogP contribution >= 0.6 is 11.6 Å². The number of amides is 3. The van der Waals surface area contributed by atoms with Crippen LogP contribution < -0.4 is 20.9 Å². The Morgan fingerprint density at radius 1 is 1.09 bits per heavy atom. The molecule has 3 amide bonds. The average molecular weight is 326 g/mol. The lowest BCUT2D eigenvalue weighted by Crippen LogP contribution is -2.51. The molecule has 1 aliphatic carbocycles. The summed E-state index contributed by atoms with van der Waals surface area (Å²) < 4.78 is 5.26. The Kier molecular flexibility index (Phi) is 6.33. The van der Waals surface area contributed by atoms with Crippen LogP contribution in [-0.4, -0.2) is 24.6 Å². The predicted octanol–water partition coefficient (Wildman–Crippen LogP) is 2.38. The molecule has 1 fully saturated rings. The van der Waals surface area contributed by atoms with Crippen LogP contribution in [0.1, 0.15) is 32.1 Å². The van der Waals surface area contributed by atoms with Gasteiger partial charge in [0.05, 0.1) is 0 Å². The van der Waals surface area contributed by atoms with E-state index in [1.54, 1.807) is 24.3 Å². The van der Waals surface area contributed by atoms with Crippen LogP contribution in [0, 0.1) is 0 Å². The molecule has 3 N–H and O–H groups in total. The zero-order chi connectivity index (χ0) is 15.8. The third kappa shape index (κ3) is 5.81. The molecule has 1 saturated carbocycles. The van der Waals surface area contributed by atoms with Gasteiger partial charge in [-0.25, -0.2) is 10.2 Å². The summed E-state index contributed by atoms with van der Waals surface area (Å²) >= 11 is 5.75. The van der Waals surface area contributed by atoms with Crippen molar-refractivity contribution in [3.63, 3.8) is 0 Å². The molecule has 0 aromatic heterocycles. The van der Waals surface area contributed by atoms with Gasteiger partial charge in [-0.1, -0.05) is 30.9 Å². The molecular formula is C15H20ClN3O3. The first-order chi connectivity index (χ1) is 10.6. The third-order valence-corrected chi connectivity index (χ3v) is 3.69. The molecular weight excluding hydrogens is 306 g/mol. The van der Waals surface area contributed by atoms with Crippen LogP contribution in [0.25, 0.3) is 0 Å². The molecule has 1 aromatic carbocycles. The molecule has 0 saturated heterocycles. The smallest absolute Gasteiger partial charge is 0.333 e. The van der Waals surface area contributed by atoms with Crippen molar-refractivity contribution in [1.29, 1.82) is 0 Å². The monoisotopic (exact) mass is 325 g/mol. The fourth-order valence-corrected chi connectivity index (χ4v) is 2.44. The largest absolute Gasteiger partial charge is 0.484 e. The molecule has 22 heavy (non-hydrogen) atoms. The highest BCUT2D eigenvalue weighted by Gasteiger charge is 2.15. The molecule has 6 nitrogen and oxygen atoms in total. The van der Waals surface area contributed by atoms with Gasteiger partial charge in [-0.3, -0.25) is 10.2 Å². The quantitative estimate of drug-likeness (QED) is 0.744. The Morgan fingerprint density at radius 2 is 1.77 bits per heavy atom. The normalized spacial score (nSPS) is 15.0. The Labute approximate surface area is 134 Å². The van der Waals surface area contributed by atoms with Gasteiger partial charge in [-0.15, -0.1) is 0 Å². The SMILES string of the molecule is O=C(COc1ccc(Cl)cc1)NNC(=O)NC1CCCCC1. The van der Waals surface area contributed by atoms with Crippen LogP contribution in [0.5, 0.6) is 5.75 Å². The minimum atomic E-state index is -0.436. The average Bonchev–Trinajstić information content (AvgIpc) is 2.53. The van der Waals surface area contributed by atoms with E-state index in [0.717, 1.165) is 25.7 Å². The minimum Gasteiger partial charge on any atom is -0.484 e. The molecule has 0 aliphatic heterocycles.